The lowest BCUT2D eigenvalue weighted by Gasteiger charge is -2.28. The summed E-state index contributed by atoms with van der Waals surface area (Å²) in [7, 11) is -4.07. The van der Waals surface area contributed by atoms with Gasteiger partial charge in [0, 0.05) is 23.5 Å². The molecule has 0 radical (unpaired) electrons. The van der Waals surface area contributed by atoms with Crippen LogP contribution in [0.5, 0.6) is 0 Å². The number of nitrogens with one attached hydrogen (secondary N) is 2. The molecular weight excluding hydrogens is 733 g/mol. The Morgan fingerprint density at radius 2 is 1.32 bits per heavy atom. The van der Waals surface area contributed by atoms with Crippen molar-refractivity contribution in [2.45, 2.75) is 70.5 Å². The molecule has 4 aromatic carbocycles. The van der Waals surface area contributed by atoms with Gasteiger partial charge in [-0.15, -0.1) is 0 Å². The molecule has 0 saturated heterocycles. The Morgan fingerprint density at radius 1 is 0.768 bits per heavy atom. The highest BCUT2D eigenvalue weighted by Crippen LogP contribution is 2.54. The Labute approximate surface area is 326 Å². The van der Waals surface area contributed by atoms with Crippen molar-refractivity contribution in [3.63, 3.8) is 0 Å². The van der Waals surface area contributed by atoms with Gasteiger partial charge in [-0.05, 0) is 55.0 Å². The van der Waals surface area contributed by atoms with Crippen molar-refractivity contribution in [2.75, 3.05) is 13.2 Å². The lowest BCUT2D eigenvalue weighted by Crippen LogP contribution is -2.48. The van der Waals surface area contributed by atoms with E-state index in [1.807, 2.05) is 115 Å². The van der Waals surface area contributed by atoms with E-state index in [0.29, 0.717) is 6.42 Å². The van der Waals surface area contributed by atoms with E-state index in [2.05, 4.69) is 10.3 Å². The van der Waals surface area contributed by atoms with Gasteiger partial charge >= 0.3 is 19.5 Å². The van der Waals surface area contributed by atoms with Gasteiger partial charge in [-0.1, -0.05) is 109 Å². The zero-order valence-corrected chi connectivity index (χ0v) is 32.4. The van der Waals surface area contributed by atoms with Gasteiger partial charge in [0.15, 0.2) is 6.04 Å². The SMILES string of the molecule is CCOP(=O)(OCC)C(CCc1ccccc1)C(=O)NC(CC(=O)O)C(=NC(Cc1c[nH]c2ccccc12)C(=O)OCc1ccccc1)OCc1ccccc1. The first-order valence-corrected chi connectivity index (χ1v) is 20.2. The number of carboxylic acids is 1. The maximum Gasteiger partial charge on any atom is 0.343 e. The molecule has 3 atom stereocenters. The number of aliphatic carboxylic acids is 1. The van der Waals surface area contributed by atoms with Crippen LogP contribution in [0.2, 0.25) is 0 Å². The van der Waals surface area contributed by atoms with Crippen molar-refractivity contribution in [3.8, 4) is 0 Å². The second-order valence-electron chi connectivity index (χ2n) is 13.0. The molecule has 12 nitrogen and oxygen atoms in total. The van der Waals surface area contributed by atoms with Crippen LogP contribution in [0.25, 0.3) is 10.9 Å². The first-order chi connectivity index (χ1) is 27.2. The van der Waals surface area contributed by atoms with E-state index in [0.717, 1.165) is 33.2 Å². The van der Waals surface area contributed by atoms with Crippen LogP contribution in [0.3, 0.4) is 0 Å². The molecule has 0 aliphatic rings. The van der Waals surface area contributed by atoms with E-state index in [1.54, 1.807) is 20.0 Å². The number of carboxylic acid groups (broad SMARTS) is 1. The number of hydrogen-bond acceptors (Lipinski definition) is 9. The summed E-state index contributed by atoms with van der Waals surface area (Å²) in [4.78, 5) is 48.8. The number of ether oxygens (including phenoxy) is 2. The predicted molar refractivity (Wildman–Crippen MR) is 214 cm³/mol. The van der Waals surface area contributed by atoms with Gasteiger partial charge in [-0.2, -0.15) is 0 Å². The van der Waals surface area contributed by atoms with Crippen molar-refractivity contribution in [1.29, 1.82) is 0 Å². The fraction of sp³-hybridized carbons (Fsp3) is 0.302. The average Bonchev–Trinajstić information content (AvgIpc) is 3.61. The number of H-pyrrole nitrogens is 1. The molecule has 294 valence electrons. The standard InChI is InChI=1S/C43H48N3O9P/c1-3-54-56(51,55-4-2)39(25-24-31-16-8-5-9-17-31)41(49)45-37(27-40(47)48)42(52-29-32-18-10-6-11-19-32)46-38(43(50)53-30-33-20-12-7-13-21-33)26-34-28-44-36-23-15-14-22-35(34)36/h5-23,28,37-39,44H,3-4,24-27,29-30H2,1-2H3,(H,45,49)(H,47,48). The van der Waals surface area contributed by atoms with Gasteiger partial charge in [0.25, 0.3) is 0 Å². The molecule has 0 aliphatic carbocycles. The number of aromatic amines is 1. The average molecular weight is 782 g/mol. The van der Waals surface area contributed by atoms with Gasteiger partial charge in [0.05, 0.1) is 19.6 Å². The number of benzene rings is 4. The molecular formula is C43H48N3O9P. The Balaban J connectivity index is 1.54. The van der Waals surface area contributed by atoms with Crippen molar-refractivity contribution < 1.29 is 42.6 Å². The highest BCUT2D eigenvalue weighted by atomic mass is 31.2. The summed E-state index contributed by atoms with van der Waals surface area (Å²) in [5, 5.41) is 13.8. The van der Waals surface area contributed by atoms with E-state index in [4.69, 9.17) is 23.5 Å². The first kappa shape index (κ1) is 41.6. The molecule has 0 fully saturated rings. The zero-order valence-electron chi connectivity index (χ0n) is 31.5. The summed E-state index contributed by atoms with van der Waals surface area (Å²) in [6.45, 7) is 3.24. The minimum Gasteiger partial charge on any atom is -0.481 e. The number of carbonyl (C=O) groups excluding carboxylic acids is 2. The number of aryl methyl sites for hydroxylation is 1. The molecule has 0 aliphatic heterocycles. The fourth-order valence-corrected chi connectivity index (χ4v) is 8.19. The highest BCUT2D eigenvalue weighted by Gasteiger charge is 2.42. The van der Waals surface area contributed by atoms with E-state index in [9.17, 15) is 24.1 Å². The monoisotopic (exact) mass is 781 g/mol. The van der Waals surface area contributed by atoms with Crippen molar-refractivity contribution in [1.82, 2.24) is 10.3 Å². The molecule has 0 saturated carbocycles. The molecule has 56 heavy (non-hydrogen) atoms. The molecule has 1 amide bonds. The van der Waals surface area contributed by atoms with Gasteiger partial charge in [0.1, 0.15) is 24.9 Å². The Kier molecular flexibility index (Phi) is 15.6. The maximum absolute atomic E-state index is 14.4. The molecule has 1 heterocycles. The van der Waals surface area contributed by atoms with Gasteiger partial charge in [-0.3, -0.25) is 14.2 Å². The summed E-state index contributed by atoms with van der Waals surface area (Å²) in [5.41, 5.74) is 2.71. The van der Waals surface area contributed by atoms with Crippen LogP contribution in [0.15, 0.2) is 126 Å². The van der Waals surface area contributed by atoms with Gasteiger partial charge in [-0.25, -0.2) is 9.79 Å². The number of carbonyl (C=O) groups is 3. The summed E-state index contributed by atoms with van der Waals surface area (Å²) in [6, 6.07) is 32.7. The topological polar surface area (TPSA) is 166 Å². The summed E-state index contributed by atoms with van der Waals surface area (Å²) >= 11 is 0. The molecule has 5 rings (SSSR count). The molecule has 13 heteroatoms. The minimum atomic E-state index is -4.07. The number of nitrogens with zero attached hydrogens (tertiary/aromatic N) is 1. The number of esters is 1. The number of para-hydroxylation sites is 1. The molecule has 1 aromatic heterocycles. The third-order valence-corrected chi connectivity index (χ3v) is 11.4. The molecule has 0 bridgehead atoms. The lowest BCUT2D eigenvalue weighted by atomic mass is 10.0. The number of fused-ring (bicyclic) bond motifs is 1. The molecule has 5 aromatic rings. The predicted octanol–water partition coefficient (Wildman–Crippen LogP) is 7.66. The smallest absolute Gasteiger partial charge is 0.343 e. The van der Waals surface area contributed by atoms with E-state index < -0.39 is 49.6 Å². The summed E-state index contributed by atoms with van der Waals surface area (Å²) < 4.78 is 37.6. The Hall–Kier alpha value is -5.55. The van der Waals surface area contributed by atoms with Crippen molar-refractivity contribution >= 4 is 42.2 Å². The normalized spacial score (nSPS) is 13.4. The first-order valence-electron chi connectivity index (χ1n) is 18.6. The summed E-state index contributed by atoms with van der Waals surface area (Å²) in [5.74, 6) is -2.94. The number of aliphatic imine (C=N–C) groups is 1. The van der Waals surface area contributed by atoms with E-state index in [1.165, 1.54) is 0 Å². The van der Waals surface area contributed by atoms with Gasteiger partial charge < -0.3 is 33.9 Å². The zero-order chi connectivity index (χ0) is 39.8. The fourth-order valence-electron chi connectivity index (χ4n) is 6.23. The summed E-state index contributed by atoms with van der Waals surface area (Å²) in [6.07, 6.45) is 1.61. The number of aromatic nitrogens is 1. The molecule has 3 unspecified atom stereocenters. The number of hydrogen-bond donors (Lipinski definition) is 3. The van der Waals surface area contributed by atoms with E-state index >= 15 is 0 Å². The van der Waals surface area contributed by atoms with Gasteiger partial charge in [0.2, 0.25) is 11.8 Å². The third-order valence-electron chi connectivity index (χ3n) is 8.94. The van der Waals surface area contributed by atoms with Crippen molar-refractivity contribution in [2.24, 2.45) is 4.99 Å². The maximum atomic E-state index is 14.4. The third kappa shape index (κ3) is 12.0. The number of amides is 1. The van der Waals surface area contributed by atoms with Crippen LogP contribution < -0.4 is 5.32 Å². The molecule has 3 N–H and O–H groups in total. The molecule has 0 spiro atoms. The lowest BCUT2D eigenvalue weighted by molar-refractivity contribution is -0.146. The highest BCUT2D eigenvalue weighted by molar-refractivity contribution is 7.55. The quantitative estimate of drug-likeness (QED) is 0.0293. The Bertz CT molecular complexity index is 2080. The van der Waals surface area contributed by atoms with Crippen LogP contribution >= 0.6 is 7.60 Å². The Morgan fingerprint density at radius 3 is 1.91 bits per heavy atom. The van der Waals surface area contributed by atoms with Crippen LogP contribution in [-0.2, 0) is 63.5 Å². The van der Waals surface area contributed by atoms with Crippen LogP contribution in [0, 0.1) is 0 Å². The second-order valence-corrected chi connectivity index (χ2v) is 15.2. The van der Waals surface area contributed by atoms with E-state index in [-0.39, 0.29) is 45.2 Å². The minimum absolute atomic E-state index is 0.0124. The number of rotatable bonds is 21. The van der Waals surface area contributed by atoms with Crippen LogP contribution in [-0.4, -0.2) is 64.8 Å². The van der Waals surface area contributed by atoms with Crippen LogP contribution in [0.1, 0.15) is 48.9 Å². The van der Waals surface area contributed by atoms with Crippen molar-refractivity contribution in [3.05, 3.63) is 144 Å². The second kappa shape index (κ2) is 20.9. The van der Waals surface area contributed by atoms with Crippen LogP contribution in [0.4, 0.5) is 0 Å². The largest absolute Gasteiger partial charge is 0.481 e.